The van der Waals surface area contributed by atoms with Crippen LogP contribution in [0.3, 0.4) is 0 Å². The molecule has 0 fully saturated rings. The molecule has 114 valence electrons. The Morgan fingerprint density at radius 3 is 2.86 bits per heavy atom. The molecule has 0 aliphatic rings. The van der Waals surface area contributed by atoms with Crippen LogP contribution in [0.2, 0.25) is 0 Å². The molecular formula is C16H23N3O2. The summed E-state index contributed by atoms with van der Waals surface area (Å²) in [6, 6.07) is 8.14. The Hall–Kier alpha value is -1.88. The molecule has 2 aromatic rings. The molecule has 5 nitrogen and oxygen atoms in total. The Morgan fingerprint density at radius 1 is 1.48 bits per heavy atom. The average Bonchev–Trinajstić information content (AvgIpc) is 2.91. The Morgan fingerprint density at radius 2 is 2.19 bits per heavy atom. The number of carbonyl (C=O) groups is 1. The fourth-order valence-corrected chi connectivity index (χ4v) is 2.60. The fraction of sp³-hybridized carbons (Fsp3) is 0.500. The summed E-state index contributed by atoms with van der Waals surface area (Å²) in [5.74, 6) is -0.226. The molecule has 21 heavy (non-hydrogen) atoms. The summed E-state index contributed by atoms with van der Waals surface area (Å²) in [5.41, 5.74) is 0.356. The molecule has 0 amide bonds. The number of esters is 1. The van der Waals surface area contributed by atoms with Gasteiger partial charge in [0.05, 0.1) is 24.4 Å². The lowest BCUT2D eigenvalue weighted by Crippen LogP contribution is -2.50. The van der Waals surface area contributed by atoms with Crippen molar-refractivity contribution in [3.8, 4) is 0 Å². The van der Waals surface area contributed by atoms with E-state index in [-0.39, 0.29) is 12.0 Å². The summed E-state index contributed by atoms with van der Waals surface area (Å²) in [6.45, 7) is 6.13. The summed E-state index contributed by atoms with van der Waals surface area (Å²) in [4.78, 5) is 12.2. The first-order valence-corrected chi connectivity index (χ1v) is 7.30. The molecule has 0 radical (unpaired) electrons. The quantitative estimate of drug-likeness (QED) is 0.830. The van der Waals surface area contributed by atoms with E-state index < -0.39 is 5.54 Å². The summed E-state index contributed by atoms with van der Waals surface area (Å²) >= 11 is 0. The Bertz CT molecular complexity index is 623. The third kappa shape index (κ3) is 3.08. The van der Waals surface area contributed by atoms with Crippen molar-refractivity contribution in [1.29, 1.82) is 0 Å². The molecule has 1 aromatic carbocycles. The van der Waals surface area contributed by atoms with Crippen LogP contribution in [0.5, 0.6) is 0 Å². The second-order valence-corrected chi connectivity index (χ2v) is 5.50. The number of para-hydroxylation sites is 1. The van der Waals surface area contributed by atoms with Crippen molar-refractivity contribution in [2.75, 3.05) is 13.7 Å². The first kappa shape index (κ1) is 15.5. The highest BCUT2D eigenvalue weighted by Crippen LogP contribution is 2.25. The molecule has 2 unspecified atom stereocenters. The normalized spacial score (nSPS) is 15.6. The number of benzene rings is 1. The second-order valence-electron chi connectivity index (χ2n) is 5.50. The van der Waals surface area contributed by atoms with Crippen molar-refractivity contribution in [1.82, 2.24) is 15.1 Å². The summed E-state index contributed by atoms with van der Waals surface area (Å²) in [5, 5.41) is 8.65. The van der Waals surface area contributed by atoms with Crippen LogP contribution in [-0.2, 0) is 9.53 Å². The molecule has 0 spiro atoms. The molecule has 2 atom stereocenters. The first-order chi connectivity index (χ1) is 10.0. The zero-order chi connectivity index (χ0) is 15.5. The molecule has 5 heteroatoms. The van der Waals surface area contributed by atoms with Crippen molar-refractivity contribution in [3.63, 3.8) is 0 Å². The van der Waals surface area contributed by atoms with Crippen molar-refractivity contribution in [2.45, 2.75) is 38.8 Å². The molecule has 1 heterocycles. The fourth-order valence-electron chi connectivity index (χ4n) is 2.60. The standard InChI is InChI=1S/C16H23N3O2/c1-5-21-15(20)16(3,17-4)10-12(2)19-14-9-7-6-8-13(14)11-18-19/h6-9,11-12,17H,5,10H2,1-4H3. The number of fused-ring (bicyclic) bond motifs is 1. The van der Waals surface area contributed by atoms with Gasteiger partial charge in [-0.3, -0.25) is 9.48 Å². The van der Waals surface area contributed by atoms with E-state index in [1.54, 1.807) is 7.05 Å². The van der Waals surface area contributed by atoms with Gasteiger partial charge in [-0.05, 0) is 40.3 Å². The lowest BCUT2D eigenvalue weighted by molar-refractivity contribution is -0.151. The Balaban J connectivity index is 2.23. The largest absolute Gasteiger partial charge is 0.465 e. The van der Waals surface area contributed by atoms with Crippen LogP contribution in [0.4, 0.5) is 0 Å². The van der Waals surface area contributed by atoms with Gasteiger partial charge in [0, 0.05) is 5.39 Å². The highest BCUT2D eigenvalue weighted by molar-refractivity contribution is 5.81. The number of carbonyl (C=O) groups excluding carboxylic acids is 1. The van der Waals surface area contributed by atoms with E-state index in [0.717, 1.165) is 10.9 Å². The van der Waals surface area contributed by atoms with Gasteiger partial charge in [-0.1, -0.05) is 18.2 Å². The van der Waals surface area contributed by atoms with Gasteiger partial charge in [0.2, 0.25) is 0 Å². The van der Waals surface area contributed by atoms with E-state index in [4.69, 9.17) is 4.74 Å². The van der Waals surface area contributed by atoms with Gasteiger partial charge >= 0.3 is 5.97 Å². The van der Waals surface area contributed by atoms with Crippen LogP contribution in [0.25, 0.3) is 10.9 Å². The van der Waals surface area contributed by atoms with Crippen molar-refractivity contribution < 1.29 is 9.53 Å². The monoisotopic (exact) mass is 289 g/mol. The van der Waals surface area contributed by atoms with E-state index >= 15 is 0 Å². The zero-order valence-electron chi connectivity index (χ0n) is 13.1. The van der Waals surface area contributed by atoms with E-state index in [2.05, 4.69) is 17.3 Å². The first-order valence-electron chi connectivity index (χ1n) is 7.30. The lowest BCUT2D eigenvalue weighted by Gasteiger charge is -2.29. The number of hydrogen-bond donors (Lipinski definition) is 1. The molecule has 1 N–H and O–H groups in total. The zero-order valence-corrected chi connectivity index (χ0v) is 13.1. The SMILES string of the molecule is CCOC(=O)C(C)(CC(C)n1ncc2ccccc21)NC. The molecule has 0 bridgehead atoms. The number of likely N-dealkylation sites (N-methyl/N-ethyl adjacent to an activating group) is 1. The summed E-state index contributed by atoms with van der Waals surface area (Å²) < 4.78 is 7.13. The maximum absolute atomic E-state index is 12.2. The Labute approximate surface area is 125 Å². The van der Waals surface area contributed by atoms with Crippen LogP contribution in [-0.4, -0.2) is 34.9 Å². The van der Waals surface area contributed by atoms with Crippen LogP contribution < -0.4 is 5.32 Å². The predicted octanol–water partition coefficient (Wildman–Crippen LogP) is 2.53. The molecule has 0 aliphatic carbocycles. The van der Waals surface area contributed by atoms with Gasteiger partial charge < -0.3 is 10.1 Å². The number of nitrogens with zero attached hydrogens (tertiary/aromatic N) is 2. The topological polar surface area (TPSA) is 56.2 Å². The molecule has 0 aliphatic heterocycles. The maximum atomic E-state index is 12.2. The van der Waals surface area contributed by atoms with E-state index in [0.29, 0.717) is 13.0 Å². The summed E-state index contributed by atoms with van der Waals surface area (Å²) in [7, 11) is 1.78. The number of nitrogens with one attached hydrogen (secondary N) is 1. The maximum Gasteiger partial charge on any atom is 0.326 e. The minimum absolute atomic E-state index is 0.0757. The number of ether oxygens (including phenoxy) is 1. The number of hydrogen-bond acceptors (Lipinski definition) is 4. The van der Waals surface area contributed by atoms with Crippen molar-refractivity contribution in [3.05, 3.63) is 30.5 Å². The van der Waals surface area contributed by atoms with Gasteiger partial charge in [-0.2, -0.15) is 5.10 Å². The highest BCUT2D eigenvalue weighted by Gasteiger charge is 2.35. The molecule has 0 saturated carbocycles. The van der Waals surface area contributed by atoms with Gasteiger partial charge in [-0.15, -0.1) is 0 Å². The second kappa shape index (κ2) is 6.26. The van der Waals surface area contributed by atoms with E-state index in [1.165, 1.54) is 0 Å². The van der Waals surface area contributed by atoms with E-state index in [1.807, 2.05) is 49.0 Å². The third-order valence-corrected chi connectivity index (χ3v) is 3.90. The van der Waals surface area contributed by atoms with Crippen molar-refractivity contribution in [2.24, 2.45) is 0 Å². The van der Waals surface area contributed by atoms with Gasteiger partial charge in [0.25, 0.3) is 0 Å². The third-order valence-electron chi connectivity index (χ3n) is 3.90. The molecule has 2 rings (SSSR count). The van der Waals surface area contributed by atoms with E-state index in [9.17, 15) is 4.79 Å². The summed E-state index contributed by atoms with van der Waals surface area (Å²) in [6.07, 6.45) is 2.46. The number of rotatable bonds is 6. The smallest absolute Gasteiger partial charge is 0.326 e. The van der Waals surface area contributed by atoms with Gasteiger partial charge in [-0.25, -0.2) is 0 Å². The Kier molecular flexibility index (Phi) is 4.63. The lowest BCUT2D eigenvalue weighted by atomic mass is 9.94. The predicted molar refractivity (Wildman–Crippen MR) is 83.2 cm³/mol. The van der Waals surface area contributed by atoms with Crippen LogP contribution >= 0.6 is 0 Å². The van der Waals surface area contributed by atoms with Crippen LogP contribution in [0, 0.1) is 0 Å². The molecular weight excluding hydrogens is 266 g/mol. The average molecular weight is 289 g/mol. The van der Waals surface area contributed by atoms with Crippen molar-refractivity contribution >= 4 is 16.9 Å². The van der Waals surface area contributed by atoms with Crippen LogP contribution in [0.15, 0.2) is 30.5 Å². The van der Waals surface area contributed by atoms with Gasteiger partial charge in [0.15, 0.2) is 0 Å². The molecule has 0 saturated heterocycles. The van der Waals surface area contributed by atoms with Crippen LogP contribution in [0.1, 0.15) is 33.2 Å². The van der Waals surface area contributed by atoms with Gasteiger partial charge in [0.1, 0.15) is 5.54 Å². The minimum Gasteiger partial charge on any atom is -0.465 e. The number of aromatic nitrogens is 2. The molecule has 1 aromatic heterocycles. The minimum atomic E-state index is -0.720. The highest BCUT2D eigenvalue weighted by atomic mass is 16.5.